The summed E-state index contributed by atoms with van der Waals surface area (Å²) in [6.07, 6.45) is 26.2. The van der Waals surface area contributed by atoms with E-state index in [1.807, 2.05) is 10.9 Å². The Bertz CT molecular complexity index is 1710. The van der Waals surface area contributed by atoms with Gasteiger partial charge in [0.25, 0.3) is 0 Å². The van der Waals surface area contributed by atoms with Crippen LogP contribution in [0.2, 0.25) is 0 Å². The minimum atomic E-state index is -0.0832. The fraction of sp³-hybridized carbons (Fsp3) is 0.908. The Morgan fingerprint density at radius 3 is 1.57 bits per heavy atom. The summed E-state index contributed by atoms with van der Waals surface area (Å²) in [5, 5.41) is 14.3. The Kier molecular flexibility index (Phi) is 36.8. The fourth-order valence-corrected chi connectivity index (χ4v) is 10.2. The summed E-state index contributed by atoms with van der Waals surface area (Å²) < 4.78 is 11.9. The minimum absolute atomic E-state index is 0.0816. The van der Waals surface area contributed by atoms with E-state index in [1.165, 1.54) is 51.4 Å². The number of carbonyl (C=O) groups excluding carboxylic acids is 4. The van der Waals surface area contributed by atoms with Gasteiger partial charge >= 0.3 is 0 Å². The lowest BCUT2D eigenvalue weighted by atomic mass is 9.74. The maximum absolute atomic E-state index is 12.5. The van der Waals surface area contributed by atoms with Crippen LogP contribution in [0.3, 0.4) is 0 Å². The van der Waals surface area contributed by atoms with Gasteiger partial charge in [-0.15, -0.1) is 5.10 Å². The Balaban J connectivity index is 0.00000114. The molecule has 0 saturated heterocycles. The monoisotopic (exact) mass is 1090 g/mol. The van der Waals surface area contributed by atoms with Crippen molar-refractivity contribution in [3.63, 3.8) is 0 Å². The molecule has 0 aliphatic heterocycles. The average molecular weight is 1090 g/mol. The SMILES string of the molecule is CC(C)(C)CC1CCC(C(=O)NCc2cn(CC(C)(C)C)nn2)CC1.CC(C)(C)CCCCCC(=O)C[C@@H](CCCCN)C(C)(C)C.COCCOCC(=O)NCCCC[C@H](CC(=O)CCCCCC(C)(C)C)C(C)(C)C. The van der Waals surface area contributed by atoms with Crippen LogP contribution in [0.5, 0.6) is 0 Å². The highest BCUT2D eigenvalue weighted by Crippen LogP contribution is 2.37. The molecular weight excluding hydrogens is 961 g/mol. The normalized spacial score (nSPS) is 16.4. The van der Waals surface area contributed by atoms with Crippen molar-refractivity contribution >= 4 is 23.4 Å². The Hall–Kier alpha value is -2.70. The second kappa shape index (κ2) is 38.1. The van der Waals surface area contributed by atoms with E-state index in [0.717, 1.165) is 115 Å². The summed E-state index contributed by atoms with van der Waals surface area (Å²) >= 11 is 0. The van der Waals surface area contributed by atoms with E-state index in [9.17, 15) is 19.2 Å². The first-order valence-corrected chi connectivity index (χ1v) is 30.8. The molecule has 1 aromatic rings. The topological polar surface area (TPSA) is 168 Å². The third-order valence-corrected chi connectivity index (χ3v) is 14.9. The summed E-state index contributed by atoms with van der Waals surface area (Å²) in [5.74, 6) is 2.81. The molecule has 0 bridgehead atoms. The average Bonchev–Trinajstić information content (AvgIpc) is 3.73. The number of rotatable bonds is 33. The first-order valence-electron chi connectivity index (χ1n) is 30.8. The molecule has 77 heavy (non-hydrogen) atoms. The quantitative estimate of drug-likeness (QED) is 0.0580. The Morgan fingerprint density at radius 1 is 0.623 bits per heavy atom. The number of hydrogen-bond acceptors (Lipinski definition) is 9. The van der Waals surface area contributed by atoms with Crippen LogP contribution in [0.1, 0.15) is 278 Å². The van der Waals surface area contributed by atoms with Crippen LogP contribution in [-0.4, -0.2) is 78.4 Å². The number of methoxy groups -OCH3 is 1. The molecule has 0 radical (unpaired) electrons. The molecule has 1 aliphatic carbocycles. The zero-order chi connectivity index (χ0) is 58.9. The number of ether oxygens (including phenoxy) is 2. The second-order valence-electron chi connectivity index (χ2n) is 30.2. The number of nitrogens with one attached hydrogen (secondary N) is 2. The largest absolute Gasteiger partial charge is 0.382 e. The predicted molar refractivity (Wildman–Crippen MR) is 324 cm³/mol. The summed E-state index contributed by atoms with van der Waals surface area (Å²) in [4.78, 5) is 48.9. The molecule has 2 rings (SSSR count). The van der Waals surface area contributed by atoms with Crippen molar-refractivity contribution in [1.29, 1.82) is 0 Å². The number of Topliss-reactive ketones (excluding diaryl/α,β-unsaturated/α-hetero) is 2. The lowest BCUT2D eigenvalue weighted by Crippen LogP contribution is -2.33. The predicted octanol–water partition coefficient (Wildman–Crippen LogP) is 15.5. The van der Waals surface area contributed by atoms with Gasteiger partial charge in [-0.05, 0) is 140 Å². The molecule has 0 spiro atoms. The van der Waals surface area contributed by atoms with Gasteiger partial charge in [0.1, 0.15) is 23.9 Å². The lowest BCUT2D eigenvalue weighted by molar-refractivity contribution is -0.127. The number of amides is 2. The summed E-state index contributed by atoms with van der Waals surface area (Å²) in [5.41, 5.74) is 8.12. The van der Waals surface area contributed by atoms with Crippen LogP contribution in [0.4, 0.5) is 0 Å². The van der Waals surface area contributed by atoms with Crippen LogP contribution in [-0.2, 0) is 41.7 Å². The Morgan fingerprint density at radius 2 is 1.13 bits per heavy atom. The highest BCUT2D eigenvalue weighted by molar-refractivity contribution is 5.79. The fourth-order valence-electron chi connectivity index (χ4n) is 10.2. The zero-order valence-electron chi connectivity index (χ0n) is 54.0. The van der Waals surface area contributed by atoms with Crippen LogP contribution in [0.15, 0.2) is 6.20 Å². The van der Waals surface area contributed by atoms with E-state index in [2.05, 4.69) is 146 Å². The first kappa shape index (κ1) is 74.3. The van der Waals surface area contributed by atoms with Gasteiger partial charge in [-0.3, -0.25) is 23.9 Å². The first-order chi connectivity index (χ1) is 35.5. The smallest absolute Gasteiger partial charge is 0.245 e. The number of hydrogen-bond donors (Lipinski definition) is 3. The molecular formula is C65H126N6O6. The van der Waals surface area contributed by atoms with Crippen molar-refractivity contribution < 1.29 is 28.7 Å². The van der Waals surface area contributed by atoms with Crippen LogP contribution >= 0.6 is 0 Å². The van der Waals surface area contributed by atoms with Crippen molar-refractivity contribution in [2.45, 2.75) is 285 Å². The lowest BCUT2D eigenvalue weighted by Gasteiger charge is -2.32. The van der Waals surface area contributed by atoms with E-state index in [0.29, 0.717) is 72.4 Å². The molecule has 12 heteroatoms. The molecule has 452 valence electrons. The molecule has 1 aromatic heterocycles. The van der Waals surface area contributed by atoms with E-state index >= 15 is 0 Å². The third kappa shape index (κ3) is 43.7. The van der Waals surface area contributed by atoms with Gasteiger partial charge in [0.15, 0.2) is 0 Å². The number of carbonyl (C=O) groups is 4. The maximum atomic E-state index is 12.5. The number of aromatic nitrogens is 3. The van der Waals surface area contributed by atoms with Gasteiger partial charge in [-0.25, -0.2) is 0 Å². The molecule has 1 heterocycles. The summed E-state index contributed by atoms with van der Waals surface area (Å²) in [6.45, 7) is 44.3. The third-order valence-electron chi connectivity index (χ3n) is 14.9. The second-order valence-corrected chi connectivity index (χ2v) is 30.2. The summed E-state index contributed by atoms with van der Waals surface area (Å²) in [7, 11) is 1.61. The molecule has 0 unspecified atom stereocenters. The van der Waals surface area contributed by atoms with Crippen molar-refractivity contribution in [1.82, 2.24) is 25.6 Å². The molecule has 1 fully saturated rings. The highest BCUT2D eigenvalue weighted by Gasteiger charge is 2.30. The van der Waals surface area contributed by atoms with Crippen molar-refractivity contribution in [2.24, 2.45) is 61.9 Å². The van der Waals surface area contributed by atoms with Crippen molar-refractivity contribution in [3.8, 4) is 0 Å². The highest BCUT2D eigenvalue weighted by atomic mass is 16.5. The van der Waals surface area contributed by atoms with Crippen LogP contribution < -0.4 is 16.4 Å². The number of ketones is 2. The molecule has 1 aliphatic rings. The molecule has 4 N–H and O–H groups in total. The number of unbranched alkanes of at least 4 members (excludes halogenated alkanes) is 6. The molecule has 2 atom stereocenters. The zero-order valence-corrected chi connectivity index (χ0v) is 54.0. The van der Waals surface area contributed by atoms with Gasteiger partial charge < -0.3 is 25.8 Å². The molecule has 1 saturated carbocycles. The van der Waals surface area contributed by atoms with Gasteiger partial charge in [0.05, 0.1) is 26.0 Å². The van der Waals surface area contributed by atoms with E-state index < -0.39 is 0 Å². The van der Waals surface area contributed by atoms with E-state index in [1.54, 1.807) is 7.11 Å². The van der Waals surface area contributed by atoms with Gasteiger partial charge in [-0.2, -0.15) is 0 Å². The number of nitrogens with two attached hydrogens (primary N) is 1. The Labute approximate surface area is 475 Å². The molecule has 2 amide bonds. The van der Waals surface area contributed by atoms with E-state index in [-0.39, 0.29) is 40.6 Å². The minimum Gasteiger partial charge on any atom is -0.382 e. The van der Waals surface area contributed by atoms with Gasteiger partial charge in [-0.1, -0.05) is 168 Å². The van der Waals surface area contributed by atoms with Gasteiger partial charge in [0.2, 0.25) is 11.8 Å². The van der Waals surface area contributed by atoms with Crippen LogP contribution in [0, 0.1) is 56.2 Å². The van der Waals surface area contributed by atoms with Gasteiger partial charge in [0, 0.05) is 51.8 Å². The summed E-state index contributed by atoms with van der Waals surface area (Å²) in [6, 6.07) is 0. The van der Waals surface area contributed by atoms with Crippen LogP contribution in [0.25, 0.3) is 0 Å². The molecule has 12 nitrogen and oxygen atoms in total. The molecule has 0 aromatic carbocycles. The standard InChI is InChI=1S/C25H49NO4.C20H36N4O.C20H41NO/c1-24(2,3)15-11-8-9-14-22(27)19-21(25(4,5)6)13-10-12-16-26-23(28)20-30-18-17-29-7;1-19(2,3)11-15-7-9-16(10-8-15)18(25)21-12-17-13-24(23-22-17)14-20(4,5)6;1-19(2,3)14-10-7-8-13-18(22)16-17(20(4,5)6)12-9-11-15-21/h21H,8-20H2,1-7H3,(H,26,28);13,15-16H,7-12,14H2,1-6H3,(H,21,25);17H,7-16,21H2,1-6H3/t21-;;17-/m1.1/s1. The maximum Gasteiger partial charge on any atom is 0.245 e. The van der Waals surface area contributed by atoms with E-state index in [4.69, 9.17) is 15.2 Å². The number of nitrogens with zero attached hydrogens (tertiary/aromatic N) is 3. The van der Waals surface area contributed by atoms with Crippen molar-refractivity contribution in [2.75, 3.05) is 40.0 Å². The van der Waals surface area contributed by atoms with Crippen molar-refractivity contribution in [3.05, 3.63) is 11.9 Å².